The molecule has 0 amide bonds. The zero-order chi connectivity index (χ0) is 17.2. The van der Waals surface area contributed by atoms with Crippen molar-refractivity contribution in [2.75, 3.05) is 32.6 Å². The molecule has 1 heterocycles. The SMILES string of the molecule is C[N+](C)(C)C1CS(=O)(=O)CC1O.O=S(=O)([O-])c1ccccc1. The van der Waals surface area contributed by atoms with Gasteiger partial charge in [-0.2, -0.15) is 0 Å². The summed E-state index contributed by atoms with van der Waals surface area (Å²) in [6.07, 6.45) is -0.699. The molecule has 0 aliphatic carbocycles. The summed E-state index contributed by atoms with van der Waals surface area (Å²) < 4.78 is 53.6. The van der Waals surface area contributed by atoms with Crippen molar-refractivity contribution >= 4 is 20.0 Å². The summed E-state index contributed by atoms with van der Waals surface area (Å²) in [5.41, 5.74) is 0. The second kappa shape index (κ2) is 6.63. The number of hydrogen-bond donors (Lipinski definition) is 1. The number of nitrogens with zero attached hydrogens (tertiary/aromatic N) is 1. The van der Waals surface area contributed by atoms with Crippen molar-refractivity contribution in [1.29, 1.82) is 0 Å². The molecule has 1 aliphatic heterocycles. The van der Waals surface area contributed by atoms with E-state index in [2.05, 4.69) is 0 Å². The zero-order valence-corrected chi connectivity index (χ0v) is 14.3. The van der Waals surface area contributed by atoms with Crippen LogP contribution in [0.2, 0.25) is 0 Å². The lowest BCUT2D eigenvalue weighted by Crippen LogP contribution is -2.51. The second-order valence-electron chi connectivity index (χ2n) is 6.10. The highest BCUT2D eigenvalue weighted by atomic mass is 32.2. The molecule has 126 valence electrons. The maximum absolute atomic E-state index is 11.1. The van der Waals surface area contributed by atoms with Gasteiger partial charge in [0.05, 0.1) is 31.8 Å². The molecule has 7 nitrogen and oxygen atoms in total. The van der Waals surface area contributed by atoms with Gasteiger partial charge in [0, 0.05) is 0 Å². The predicted molar refractivity (Wildman–Crippen MR) is 80.9 cm³/mol. The Bertz CT molecular complexity index is 692. The van der Waals surface area contributed by atoms with Gasteiger partial charge in [-0.05, 0) is 12.1 Å². The Morgan fingerprint density at radius 3 is 1.86 bits per heavy atom. The molecule has 2 rings (SSSR count). The Kier molecular flexibility index (Phi) is 5.74. The molecule has 0 aromatic heterocycles. The van der Waals surface area contributed by atoms with Gasteiger partial charge in [-0.25, -0.2) is 16.8 Å². The van der Waals surface area contributed by atoms with Crippen LogP contribution in [0.3, 0.4) is 0 Å². The van der Waals surface area contributed by atoms with E-state index in [0.29, 0.717) is 4.48 Å². The Labute approximate surface area is 131 Å². The molecule has 1 fully saturated rings. The first-order valence-corrected chi connectivity index (χ1v) is 9.76. The molecule has 0 saturated carbocycles. The quantitative estimate of drug-likeness (QED) is 0.565. The van der Waals surface area contributed by atoms with Crippen molar-refractivity contribution < 1.29 is 31.0 Å². The van der Waals surface area contributed by atoms with Crippen molar-refractivity contribution in [3.8, 4) is 0 Å². The van der Waals surface area contributed by atoms with Gasteiger partial charge in [0.25, 0.3) is 0 Å². The van der Waals surface area contributed by atoms with Crippen LogP contribution >= 0.6 is 0 Å². The Morgan fingerprint density at radius 1 is 1.14 bits per heavy atom. The van der Waals surface area contributed by atoms with Gasteiger partial charge < -0.3 is 14.1 Å². The van der Waals surface area contributed by atoms with Crippen molar-refractivity contribution in [3.63, 3.8) is 0 Å². The third kappa shape index (κ3) is 5.65. The third-order valence-corrected chi connectivity index (χ3v) is 5.87. The lowest BCUT2D eigenvalue weighted by molar-refractivity contribution is -0.896. The molecule has 9 heteroatoms. The van der Waals surface area contributed by atoms with Gasteiger partial charge >= 0.3 is 0 Å². The number of likely N-dealkylation sites (N-methyl/N-ethyl adjacent to an activating group) is 1. The molecule has 0 bridgehead atoms. The van der Waals surface area contributed by atoms with Crippen molar-refractivity contribution in [3.05, 3.63) is 30.3 Å². The van der Waals surface area contributed by atoms with Crippen LogP contribution in [-0.2, 0) is 20.0 Å². The molecular weight excluding hydrogens is 330 g/mol. The van der Waals surface area contributed by atoms with E-state index in [1.165, 1.54) is 24.3 Å². The minimum absolute atomic E-state index is 0.0762. The first-order chi connectivity index (χ1) is 9.83. The number of hydrogen-bond acceptors (Lipinski definition) is 6. The summed E-state index contributed by atoms with van der Waals surface area (Å²) in [6.45, 7) is 0. The van der Waals surface area contributed by atoms with E-state index in [-0.39, 0.29) is 22.4 Å². The fourth-order valence-corrected chi connectivity index (χ4v) is 4.70. The highest BCUT2D eigenvalue weighted by Gasteiger charge is 2.44. The van der Waals surface area contributed by atoms with Crippen molar-refractivity contribution in [2.45, 2.75) is 17.0 Å². The van der Waals surface area contributed by atoms with E-state index in [0.717, 1.165) is 0 Å². The molecular formula is C13H21NO6S2. The number of rotatable bonds is 2. The highest BCUT2D eigenvalue weighted by Crippen LogP contribution is 2.19. The molecule has 1 aromatic carbocycles. The van der Waals surface area contributed by atoms with E-state index >= 15 is 0 Å². The van der Waals surface area contributed by atoms with Crippen LogP contribution in [0.1, 0.15) is 0 Å². The van der Waals surface area contributed by atoms with E-state index in [4.69, 9.17) is 0 Å². The van der Waals surface area contributed by atoms with E-state index in [9.17, 15) is 26.5 Å². The zero-order valence-electron chi connectivity index (χ0n) is 12.7. The second-order valence-corrected chi connectivity index (χ2v) is 9.63. The van der Waals surface area contributed by atoms with Crippen molar-refractivity contribution in [1.82, 2.24) is 0 Å². The van der Waals surface area contributed by atoms with Crippen LogP contribution in [0.4, 0.5) is 0 Å². The number of benzene rings is 1. The standard InChI is InChI=1S/C7H16NO3S.C6H6O3S/c1-8(2,3)6-4-12(10,11)5-7(6)9;7-10(8,9)6-4-2-1-3-5-6/h6-7,9H,4-5H2,1-3H3;1-5H,(H,7,8,9)/q+1;/p-1. The molecule has 0 spiro atoms. The lowest BCUT2D eigenvalue weighted by atomic mass is 10.2. The maximum atomic E-state index is 11.1. The van der Waals surface area contributed by atoms with Gasteiger partial charge in [0.2, 0.25) is 0 Å². The Balaban J connectivity index is 0.000000224. The minimum Gasteiger partial charge on any atom is -0.744 e. The van der Waals surface area contributed by atoms with Crippen LogP contribution in [-0.4, -0.2) is 75.8 Å². The van der Waals surface area contributed by atoms with E-state index in [1.807, 2.05) is 21.1 Å². The summed E-state index contributed by atoms with van der Waals surface area (Å²) in [6, 6.07) is 7.02. The molecule has 2 unspecified atom stereocenters. The van der Waals surface area contributed by atoms with Crippen LogP contribution in [0, 0.1) is 0 Å². The maximum Gasteiger partial charge on any atom is 0.159 e. The lowest BCUT2D eigenvalue weighted by Gasteiger charge is -2.32. The fourth-order valence-electron chi connectivity index (χ4n) is 2.14. The first kappa shape index (κ1) is 19.0. The average molecular weight is 351 g/mol. The number of aliphatic hydroxyl groups is 1. The van der Waals surface area contributed by atoms with Gasteiger partial charge in [-0.15, -0.1) is 0 Å². The summed E-state index contributed by atoms with van der Waals surface area (Å²) in [5, 5.41) is 9.47. The smallest absolute Gasteiger partial charge is 0.159 e. The third-order valence-electron chi connectivity index (χ3n) is 3.32. The fraction of sp³-hybridized carbons (Fsp3) is 0.538. The largest absolute Gasteiger partial charge is 0.744 e. The van der Waals surface area contributed by atoms with Gasteiger partial charge in [0.15, 0.2) is 9.84 Å². The molecule has 22 heavy (non-hydrogen) atoms. The number of sulfone groups is 1. The molecule has 2 atom stereocenters. The summed E-state index contributed by atoms with van der Waals surface area (Å²) in [4.78, 5) is -0.185. The molecule has 1 aliphatic rings. The van der Waals surface area contributed by atoms with Crippen molar-refractivity contribution in [2.24, 2.45) is 0 Å². The van der Waals surface area contributed by atoms with E-state index in [1.54, 1.807) is 6.07 Å². The first-order valence-electron chi connectivity index (χ1n) is 6.53. The number of quaternary nitrogens is 1. The van der Waals surface area contributed by atoms with Crippen LogP contribution in [0.5, 0.6) is 0 Å². The topological polar surface area (TPSA) is 112 Å². The monoisotopic (exact) mass is 351 g/mol. The van der Waals surface area contributed by atoms with E-state index < -0.39 is 26.1 Å². The average Bonchev–Trinajstić information content (AvgIpc) is 2.63. The minimum atomic E-state index is -4.25. The summed E-state index contributed by atoms with van der Waals surface area (Å²) >= 11 is 0. The number of aliphatic hydroxyl groups excluding tert-OH is 1. The molecule has 1 N–H and O–H groups in total. The predicted octanol–water partition coefficient (Wildman–Crippen LogP) is -0.559. The van der Waals surface area contributed by atoms with Crippen LogP contribution < -0.4 is 0 Å². The normalized spacial score (nSPS) is 24.4. The Morgan fingerprint density at radius 2 is 1.64 bits per heavy atom. The summed E-state index contributed by atoms with van der Waals surface area (Å²) in [7, 11) is -1.55. The van der Waals surface area contributed by atoms with Crippen LogP contribution in [0.25, 0.3) is 0 Å². The molecule has 1 aromatic rings. The van der Waals surface area contributed by atoms with Gasteiger partial charge in [0.1, 0.15) is 28.0 Å². The summed E-state index contributed by atoms with van der Waals surface area (Å²) in [5.74, 6) is 0.0326. The van der Waals surface area contributed by atoms with Crippen LogP contribution in [0.15, 0.2) is 35.2 Å². The van der Waals surface area contributed by atoms with Gasteiger partial charge in [-0.3, -0.25) is 0 Å². The molecule has 1 saturated heterocycles. The molecule has 0 radical (unpaired) electrons. The highest BCUT2D eigenvalue weighted by molar-refractivity contribution is 7.91. The van der Waals surface area contributed by atoms with Gasteiger partial charge in [-0.1, -0.05) is 18.2 Å². The Hall–Kier alpha value is -1.00.